The van der Waals surface area contributed by atoms with Crippen molar-refractivity contribution in [2.24, 2.45) is 4.99 Å². The summed E-state index contributed by atoms with van der Waals surface area (Å²) in [5.74, 6) is 0.554. The van der Waals surface area contributed by atoms with Gasteiger partial charge in [0, 0.05) is 6.07 Å². The maximum atomic E-state index is 9.89. The number of aliphatic imine (C=N–C) groups is 1. The van der Waals surface area contributed by atoms with Crippen molar-refractivity contribution in [1.29, 1.82) is 0 Å². The second-order valence-electron chi connectivity index (χ2n) is 3.04. The molecule has 0 amide bonds. The van der Waals surface area contributed by atoms with Crippen molar-refractivity contribution in [3.05, 3.63) is 23.9 Å². The number of carbonyl (C=O) groups excluding carboxylic acids is 1. The maximum Gasteiger partial charge on any atom is 0.235 e. The average Bonchev–Trinajstić information content (AvgIpc) is 2.14. The SMILES string of the molecule is CC(C)Oc1cccc(CN=C=O)n1. The van der Waals surface area contributed by atoms with Gasteiger partial charge >= 0.3 is 0 Å². The summed E-state index contributed by atoms with van der Waals surface area (Å²) in [6.07, 6.45) is 1.56. The Balaban J connectivity index is 2.73. The molecule has 0 aromatic carbocycles. The molecule has 0 radical (unpaired) electrons. The third-order valence-corrected chi connectivity index (χ3v) is 1.44. The van der Waals surface area contributed by atoms with Gasteiger partial charge in [0.25, 0.3) is 0 Å². The Bertz CT molecular complexity index is 344. The molecule has 1 heterocycles. The van der Waals surface area contributed by atoms with Gasteiger partial charge in [0.2, 0.25) is 12.0 Å². The van der Waals surface area contributed by atoms with E-state index >= 15 is 0 Å². The van der Waals surface area contributed by atoms with Gasteiger partial charge in [-0.15, -0.1) is 0 Å². The van der Waals surface area contributed by atoms with Crippen molar-refractivity contribution in [3.63, 3.8) is 0 Å². The fourth-order valence-electron chi connectivity index (χ4n) is 0.966. The molecule has 0 saturated heterocycles. The van der Waals surface area contributed by atoms with Crippen LogP contribution in [0.1, 0.15) is 19.5 Å². The summed E-state index contributed by atoms with van der Waals surface area (Å²) in [6, 6.07) is 5.38. The third kappa shape index (κ3) is 3.37. The van der Waals surface area contributed by atoms with Crippen LogP contribution >= 0.6 is 0 Å². The van der Waals surface area contributed by atoms with Crippen molar-refractivity contribution in [2.45, 2.75) is 26.5 Å². The number of rotatable bonds is 4. The molecule has 0 unspecified atom stereocenters. The van der Waals surface area contributed by atoms with E-state index in [4.69, 9.17) is 4.74 Å². The number of aromatic nitrogens is 1. The van der Waals surface area contributed by atoms with E-state index in [1.165, 1.54) is 6.08 Å². The van der Waals surface area contributed by atoms with Crippen molar-refractivity contribution < 1.29 is 9.53 Å². The average molecular weight is 192 g/mol. The Labute approximate surface area is 82.6 Å². The van der Waals surface area contributed by atoms with E-state index in [0.29, 0.717) is 11.6 Å². The molecule has 0 fully saturated rings. The second-order valence-corrected chi connectivity index (χ2v) is 3.04. The van der Waals surface area contributed by atoms with E-state index in [2.05, 4.69) is 9.98 Å². The Morgan fingerprint density at radius 3 is 3.00 bits per heavy atom. The summed E-state index contributed by atoms with van der Waals surface area (Å²) in [5, 5.41) is 0. The van der Waals surface area contributed by atoms with Crippen LogP contribution in [-0.4, -0.2) is 17.2 Å². The Morgan fingerprint density at radius 2 is 2.36 bits per heavy atom. The molecule has 1 aromatic heterocycles. The number of ether oxygens (including phenoxy) is 1. The highest BCUT2D eigenvalue weighted by Gasteiger charge is 1.99. The highest BCUT2D eigenvalue weighted by Crippen LogP contribution is 2.09. The predicted octanol–water partition coefficient (Wildman–Crippen LogP) is 1.70. The van der Waals surface area contributed by atoms with Gasteiger partial charge in [-0.25, -0.2) is 9.78 Å². The van der Waals surface area contributed by atoms with Crippen molar-refractivity contribution in [2.75, 3.05) is 0 Å². The monoisotopic (exact) mass is 192 g/mol. The van der Waals surface area contributed by atoms with Gasteiger partial charge < -0.3 is 4.74 Å². The Kier molecular flexibility index (Phi) is 3.83. The molecule has 1 aromatic rings. The summed E-state index contributed by atoms with van der Waals surface area (Å²) in [5.41, 5.74) is 0.700. The van der Waals surface area contributed by atoms with Crippen molar-refractivity contribution >= 4 is 6.08 Å². The molecule has 0 aliphatic rings. The first-order chi connectivity index (χ1) is 6.72. The summed E-state index contributed by atoms with van der Waals surface area (Å²) in [7, 11) is 0. The van der Waals surface area contributed by atoms with Crippen LogP contribution in [0.2, 0.25) is 0 Å². The highest BCUT2D eigenvalue weighted by molar-refractivity contribution is 5.33. The van der Waals surface area contributed by atoms with Crippen LogP contribution in [0.25, 0.3) is 0 Å². The zero-order chi connectivity index (χ0) is 10.4. The Morgan fingerprint density at radius 1 is 1.57 bits per heavy atom. The number of hydrogen-bond donors (Lipinski definition) is 0. The van der Waals surface area contributed by atoms with E-state index in [1.54, 1.807) is 12.1 Å². The normalized spacial score (nSPS) is 9.64. The van der Waals surface area contributed by atoms with Gasteiger partial charge in [-0.1, -0.05) is 6.07 Å². The lowest BCUT2D eigenvalue weighted by Gasteiger charge is -2.08. The summed E-state index contributed by atoms with van der Waals surface area (Å²) >= 11 is 0. The van der Waals surface area contributed by atoms with E-state index in [-0.39, 0.29) is 12.6 Å². The topological polar surface area (TPSA) is 51.5 Å². The minimum absolute atomic E-state index is 0.0901. The van der Waals surface area contributed by atoms with Gasteiger partial charge in [-0.2, -0.15) is 4.99 Å². The molecule has 0 aliphatic heterocycles. The molecule has 14 heavy (non-hydrogen) atoms. The van der Waals surface area contributed by atoms with Crippen LogP contribution < -0.4 is 4.74 Å². The summed E-state index contributed by atoms with van der Waals surface area (Å²) in [4.78, 5) is 17.5. The number of pyridine rings is 1. The lowest BCUT2D eigenvalue weighted by molar-refractivity contribution is 0.232. The molecule has 0 aliphatic carbocycles. The molecule has 1 rings (SSSR count). The minimum atomic E-state index is 0.0901. The highest BCUT2D eigenvalue weighted by atomic mass is 16.5. The zero-order valence-corrected chi connectivity index (χ0v) is 8.23. The van der Waals surface area contributed by atoms with Crippen LogP contribution in [0.3, 0.4) is 0 Å². The van der Waals surface area contributed by atoms with E-state index in [1.807, 2.05) is 19.9 Å². The first-order valence-corrected chi connectivity index (χ1v) is 4.38. The van der Waals surface area contributed by atoms with Crippen LogP contribution in [-0.2, 0) is 11.3 Å². The molecule has 0 saturated carbocycles. The van der Waals surface area contributed by atoms with E-state index in [0.717, 1.165) is 0 Å². The van der Waals surface area contributed by atoms with Crippen LogP contribution in [0.5, 0.6) is 5.88 Å². The third-order valence-electron chi connectivity index (χ3n) is 1.44. The van der Waals surface area contributed by atoms with Crippen molar-refractivity contribution in [1.82, 2.24) is 4.98 Å². The molecule has 0 bridgehead atoms. The predicted molar refractivity (Wildman–Crippen MR) is 51.8 cm³/mol. The largest absolute Gasteiger partial charge is 0.475 e. The van der Waals surface area contributed by atoms with Gasteiger partial charge in [0.1, 0.15) is 0 Å². The molecule has 4 nitrogen and oxygen atoms in total. The molecule has 74 valence electrons. The molecule has 0 N–H and O–H groups in total. The number of hydrogen-bond acceptors (Lipinski definition) is 4. The molecule has 0 spiro atoms. The van der Waals surface area contributed by atoms with Gasteiger partial charge in [-0.3, -0.25) is 0 Å². The summed E-state index contributed by atoms with van der Waals surface area (Å²) < 4.78 is 5.38. The first kappa shape index (κ1) is 10.4. The molecular formula is C10H12N2O2. The van der Waals surface area contributed by atoms with Crippen LogP contribution in [0.4, 0.5) is 0 Å². The minimum Gasteiger partial charge on any atom is -0.475 e. The fraction of sp³-hybridized carbons (Fsp3) is 0.400. The van der Waals surface area contributed by atoms with Crippen molar-refractivity contribution in [3.8, 4) is 5.88 Å². The van der Waals surface area contributed by atoms with Gasteiger partial charge in [-0.05, 0) is 19.9 Å². The Hall–Kier alpha value is -1.67. The smallest absolute Gasteiger partial charge is 0.235 e. The maximum absolute atomic E-state index is 9.89. The standard InChI is InChI=1S/C10H12N2O2/c1-8(2)14-10-5-3-4-9(12-10)6-11-7-13/h3-5,8H,6H2,1-2H3. The molecule has 0 atom stereocenters. The number of nitrogens with zero attached hydrogens (tertiary/aromatic N) is 2. The fourth-order valence-corrected chi connectivity index (χ4v) is 0.966. The lowest BCUT2D eigenvalue weighted by atomic mass is 10.3. The van der Waals surface area contributed by atoms with Gasteiger partial charge in [0.15, 0.2) is 0 Å². The lowest BCUT2D eigenvalue weighted by Crippen LogP contribution is -2.07. The van der Waals surface area contributed by atoms with E-state index in [9.17, 15) is 4.79 Å². The first-order valence-electron chi connectivity index (χ1n) is 4.38. The van der Waals surface area contributed by atoms with E-state index < -0.39 is 0 Å². The zero-order valence-electron chi connectivity index (χ0n) is 8.23. The van der Waals surface area contributed by atoms with Crippen LogP contribution in [0, 0.1) is 0 Å². The van der Waals surface area contributed by atoms with Gasteiger partial charge in [0.05, 0.1) is 18.3 Å². The van der Waals surface area contributed by atoms with Crippen LogP contribution in [0.15, 0.2) is 23.2 Å². The quantitative estimate of drug-likeness (QED) is 0.539. The second kappa shape index (κ2) is 5.14. The summed E-state index contributed by atoms with van der Waals surface area (Å²) in [6.45, 7) is 4.11. The number of isocyanates is 1. The molecule has 4 heteroatoms. The molecular weight excluding hydrogens is 180 g/mol.